The Balaban J connectivity index is 2.75. The summed E-state index contributed by atoms with van der Waals surface area (Å²) in [4.78, 5) is 0. The quantitative estimate of drug-likeness (QED) is 0.736. The molecule has 0 unspecified atom stereocenters. The Kier molecular flexibility index (Phi) is 3.06. The van der Waals surface area contributed by atoms with Gasteiger partial charge < -0.3 is 10.5 Å². The molecule has 1 rings (SSSR count). The normalized spacial score (nSPS) is 10.5. The van der Waals surface area contributed by atoms with Crippen molar-refractivity contribution >= 4 is 5.69 Å². The van der Waals surface area contributed by atoms with Crippen molar-refractivity contribution < 1.29 is 13.5 Å². The molecule has 0 aliphatic carbocycles. The number of rotatable bonds is 3. The van der Waals surface area contributed by atoms with E-state index in [9.17, 15) is 8.78 Å². The minimum atomic E-state index is -2.47. The van der Waals surface area contributed by atoms with Gasteiger partial charge in [0.05, 0.1) is 5.69 Å². The molecule has 0 amide bonds. The fourth-order valence-electron chi connectivity index (χ4n) is 1.02. The molecule has 0 bridgehead atoms. The summed E-state index contributed by atoms with van der Waals surface area (Å²) in [5.41, 5.74) is 6.69. The third-order valence-corrected chi connectivity index (χ3v) is 1.60. The minimum Gasteiger partial charge on any atom is -0.485 e. The summed E-state index contributed by atoms with van der Waals surface area (Å²) in [6, 6.07) is 5.13. The number of alkyl halides is 2. The van der Waals surface area contributed by atoms with Gasteiger partial charge in [-0.1, -0.05) is 12.1 Å². The third-order valence-electron chi connectivity index (χ3n) is 1.60. The fourth-order valence-corrected chi connectivity index (χ4v) is 1.02. The summed E-state index contributed by atoms with van der Waals surface area (Å²) >= 11 is 0. The van der Waals surface area contributed by atoms with E-state index in [1.165, 1.54) is 0 Å². The fraction of sp³-hybridized carbons (Fsp3) is 0.333. The predicted octanol–water partition coefficient (Wildman–Crippen LogP) is 2.22. The molecule has 0 aromatic heterocycles. The molecule has 72 valence electrons. The second kappa shape index (κ2) is 4.07. The number of aryl methyl sites for hydroxylation is 1. The van der Waals surface area contributed by atoms with Crippen LogP contribution in [-0.4, -0.2) is 13.0 Å². The van der Waals surface area contributed by atoms with Crippen LogP contribution in [0.5, 0.6) is 5.75 Å². The van der Waals surface area contributed by atoms with Gasteiger partial charge >= 0.3 is 0 Å². The van der Waals surface area contributed by atoms with E-state index in [1.807, 2.05) is 0 Å². The second-order valence-corrected chi connectivity index (χ2v) is 2.70. The summed E-state index contributed by atoms with van der Waals surface area (Å²) in [5, 5.41) is 0. The van der Waals surface area contributed by atoms with Crippen LogP contribution < -0.4 is 10.5 Å². The third kappa shape index (κ3) is 2.57. The van der Waals surface area contributed by atoms with Gasteiger partial charge in [0, 0.05) is 0 Å². The number of hydrogen-bond donors (Lipinski definition) is 1. The summed E-state index contributed by atoms with van der Waals surface area (Å²) < 4.78 is 28.5. The molecule has 0 aliphatic rings. The lowest BCUT2D eigenvalue weighted by Gasteiger charge is -2.10. The number of nitrogens with two attached hydrogens (primary N) is 1. The van der Waals surface area contributed by atoms with E-state index in [-0.39, 0.29) is 0 Å². The van der Waals surface area contributed by atoms with E-state index in [0.717, 1.165) is 5.56 Å². The van der Waals surface area contributed by atoms with Gasteiger partial charge in [-0.15, -0.1) is 0 Å². The number of ether oxygens (including phenoxy) is 1. The van der Waals surface area contributed by atoms with Crippen LogP contribution >= 0.6 is 0 Å². The summed E-state index contributed by atoms with van der Waals surface area (Å²) in [5.74, 6) is 0.350. The van der Waals surface area contributed by atoms with Crippen molar-refractivity contribution in [1.29, 1.82) is 0 Å². The highest BCUT2D eigenvalue weighted by Crippen LogP contribution is 2.25. The van der Waals surface area contributed by atoms with E-state index in [2.05, 4.69) is 0 Å². The Bertz CT molecular complexity index is 269. The smallest absolute Gasteiger partial charge is 0.272 e. The van der Waals surface area contributed by atoms with Crippen LogP contribution in [0.4, 0.5) is 14.5 Å². The van der Waals surface area contributed by atoms with E-state index in [1.54, 1.807) is 25.1 Å². The molecule has 2 nitrogen and oxygen atoms in total. The molecular weight excluding hydrogens is 176 g/mol. The first kappa shape index (κ1) is 9.77. The Morgan fingerprint density at radius 2 is 2.15 bits per heavy atom. The molecule has 0 saturated heterocycles. The van der Waals surface area contributed by atoms with Gasteiger partial charge in [0.15, 0.2) is 0 Å². The van der Waals surface area contributed by atoms with Gasteiger partial charge in [-0.3, -0.25) is 0 Å². The maximum atomic E-state index is 11.8. The monoisotopic (exact) mass is 187 g/mol. The second-order valence-electron chi connectivity index (χ2n) is 2.70. The molecule has 1 aromatic rings. The van der Waals surface area contributed by atoms with Crippen molar-refractivity contribution in [2.24, 2.45) is 0 Å². The number of halogens is 2. The summed E-state index contributed by atoms with van der Waals surface area (Å²) in [7, 11) is 0. The highest BCUT2D eigenvalue weighted by molar-refractivity contribution is 5.56. The Morgan fingerprint density at radius 3 is 2.69 bits per heavy atom. The van der Waals surface area contributed by atoms with E-state index < -0.39 is 13.0 Å². The highest BCUT2D eigenvalue weighted by Gasteiger charge is 2.07. The van der Waals surface area contributed by atoms with E-state index in [4.69, 9.17) is 10.5 Å². The van der Waals surface area contributed by atoms with Crippen molar-refractivity contribution in [3.05, 3.63) is 23.8 Å². The van der Waals surface area contributed by atoms with Crippen LogP contribution in [0.1, 0.15) is 5.56 Å². The summed E-state index contributed by atoms with van der Waals surface area (Å²) in [6.07, 6.45) is -2.47. The first-order chi connectivity index (χ1) is 6.11. The van der Waals surface area contributed by atoms with Gasteiger partial charge in [-0.05, 0) is 18.6 Å². The molecule has 0 radical (unpaired) electrons. The van der Waals surface area contributed by atoms with Crippen LogP contribution in [-0.2, 0) is 0 Å². The van der Waals surface area contributed by atoms with Crippen LogP contribution in [0, 0.1) is 6.92 Å². The highest BCUT2D eigenvalue weighted by atomic mass is 19.3. The molecule has 1 aromatic carbocycles. The largest absolute Gasteiger partial charge is 0.485 e. The number of para-hydroxylation sites is 1. The van der Waals surface area contributed by atoms with Crippen molar-refractivity contribution in [2.75, 3.05) is 12.3 Å². The Morgan fingerprint density at radius 1 is 1.46 bits per heavy atom. The molecule has 0 heterocycles. The predicted molar refractivity (Wildman–Crippen MR) is 47.1 cm³/mol. The van der Waals surface area contributed by atoms with Gasteiger partial charge in [0.1, 0.15) is 12.4 Å². The number of benzene rings is 1. The van der Waals surface area contributed by atoms with Crippen LogP contribution in [0.15, 0.2) is 18.2 Å². The topological polar surface area (TPSA) is 35.2 Å². The number of anilines is 1. The lowest BCUT2D eigenvalue weighted by atomic mass is 10.2. The zero-order valence-electron chi connectivity index (χ0n) is 7.26. The Hall–Kier alpha value is -1.32. The number of nitrogen functional groups attached to an aromatic ring is 1. The molecular formula is C9H11F2NO. The van der Waals surface area contributed by atoms with Crippen molar-refractivity contribution in [1.82, 2.24) is 0 Å². The van der Waals surface area contributed by atoms with Crippen LogP contribution in [0.25, 0.3) is 0 Å². The van der Waals surface area contributed by atoms with Crippen molar-refractivity contribution in [3.8, 4) is 5.75 Å². The van der Waals surface area contributed by atoms with Crippen LogP contribution in [0.3, 0.4) is 0 Å². The van der Waals surface area contributed by atoms with E-state index >= 15 is 0 Å². The van der Waals surface area contributed by atoms with Gasteiger partial charge in [-0.2, -0.15) is 0 Å². The molecule has 0 aliphatic heterocycles. The average molecular weight is 187 g/mol. The molecule has 4 heteroatoms. The van der Waals surface area contributed by atoms with Crippen LogP contribution in [0.2, 0.25) is 0 Å². The molecule has 0 fully saturated rings. The lowest BCUT2D eigenvalue weighted by molar-refractivity contribution is 0.0820. The van der Waals surface area contributed by atoms with Crippen molar-refractivity contribution in [2.45, 2.75) is 13.3 Å². The standard InChI is InChI=1S/C9H11F2NO/c1-6-3-2-4-7(12)9(6)13-5-8(10)11/h2-4,8H,5,12H2,1H3. The zero-order valence-corrected chi connectivity index (χ0v) is 7.26. The maximum absolute atomic E-state index is 11.8. The first-order valence-corrected chi connectivity index (χ1v) is 3.87. The minimum absolute atomic E-state index is 0.350. The van der Waals surface area contributed by atoms with Gasteiger partial charge in [0.25, 0.3) is 6.43 Å². The summed E-state index contributed by atoms with van der Waals surface area (Å²) in [6.45, 7) is 1.15. The average Bonchev–Trinajstić information content (AvgIpc) is 2.03. The molecule has 2 N–H and O–H groups in total. The SMILES string of the molecule is Cc1cccc(N)c1OCC(F)F. The molecule has 0 atom stereocenters. The molecule has 13 heavy (non-hydrogen) atoms. The molecule has 0 saturated carbocycles. The van der Waals surface area contributed by atoms with Gasteiger partial charge in [0.2, 0.25) is 0 Å². The number of hydrogen-bond acceptors (Lipinski definition) is 2. The lowest BCUT2D eigenvalue weighted by Crippen LogP contribution is -2.09. The van der Waals surface area contributed by atoms with Gasteiger partial charge in [-0.25, -0.2) is 8.78 Å². The maximum Gasteiger partial charge on any atom is 0.272 e. The zero-order chi connectivity index (χ0) is 9.84. The first-order valence-electron chi connectivity index (χ1n) is 3.87. The van der Waals surface area contributed by atoms with Crippen molar-refractivity contribution in [3.63, 3.8) is 0 Å². The van der Waals surface area contributed by atoms with E-state index in [0.29, 0.717) is 11.4 Å². The molecule has 0 spiro atoms. The Labute approximate surface area is 75.3 Å².